The number of carbonyl (C=O) groups is 1. The van der Waals surface area contributed by atoms with Gasteiger partial charge < -0.3 is 15.2 Å². The second-order valence-electron chi connectivity index (χ2n) is 6.86. The lowest BCUT2D eigenvalue weighted by molar-refractivity contribution is 0.102. The van der Waals surface area contributed by atoms with Gasteiger partial charge in [0, 0.05) is 23.0 Å². The molecule has 0 bridgehead atoms. The van der Waals surface area contributed by atoms with E-state index in [1.165, 1.54) is 30.5 Å². The number of carbonyl (C=O) groups excluding carboxylic acids is 1. The molecule has 4 aromatic rings. The Morgan fingerprint density at radius 2 is 1.58 bits per heavy atom. The molecule has 0 spiro atoms. The van der Waals surface area contributed by atoms with Gasteiger partial charge in [0.25, 0.3) is 5.91 Å². The minimum absolute atomic E-state index is 0.116. The van der Waals surface area contributed by atoms with E-state index in [2.05, 4.69) is 10.3 Å². The van der Waals surface area contributed by atoms with Crippen molar-refractivity contribution in [3.8, 4) is 33.9 Å². The molecular weight excluding hydrogens is 395 g/mol. The molecule has 3 aromatic carbocycles. The number of phenols is 1. The molecule has 154 valence electrons. The van der Waals surface area contributed by atoms with E-state index >= 15 is 0 Å². The number of hydrogen-bond acceptors (Lipinski definition) is 4. The van der Waals surface area contributed by atoms with Crippen LogP contribution in [0.15, 0.2) is 85.1 Å². The summed E-state index contributed by atoms with van der Waals surface area (Å²) in [7, 11) is 1.59. The highest BCUT2D eigenvalue weighted by atomic mass is 19.1. The molecule has 0 aliphatic rings. The van der Waals surface area contributed by atoms with Crippen molar-refractivity contribution in [3.63, 3.8) is 0 Å². The second kappa shape index (κ2) is 8.67. The summed E-state index contributed by atoms with van der Waals surface area (Å²) in [5.41, 5.74) is 3.85. The van der Waals surface area contributed by atoms with Gasteiger partial charge >= 0.3 is 0 Å². The molecule has 0 saturated heterocycles. The standard InChI is InChI=1S/C25H19FN2O3/c1-31-22-12-4-16(5-13-22)23-14-18(25(30)28-20-8-10-21(29)11-9-20)15-27-24(23)17-2-6-19(26)7-3-17/h2-15,29H,1H3,(H,28,30). The molecule has 0 atom stereocenters. The fourth-order valence-corrected chi connectivity index (χ4v) is 3.17. The minimum atomic E-state index is -0.335. The maximum absolute atomic E-state index is 13.4. The molecule has 0 unspecified atom stereocenters. The number of ether oxygens (including phenoxy) is 1. The SMILES string of the molecule is COc1ccc(-c2cc(C(=O)Nc3ccc(O)cc3)cnc2-c2ccc(F)cc2)cc1. The first kappa shape index (κ1) is 20.1. The van der Waals surface area contributed by atoms with Crippen molar-refractivity contribution in [1.29, 1.82) is 0 Å². The van der Waals surface area contributed by atoms with Gasteiger partial charge in [0.15, 0.2) is 0 Å². The first-order valence-electron chi connectivity index (χ1n) is 9.54. The van der Waals surface area contributed by atoms with Crippen molar-refractivity contribution in [2.24, 2.45) is 0 Å². The van der Waals surface area contributed by atoms with Crippen molar-refractivity contribution >= 4 is 11.6 Å². The van der Waals surface area contributed by atoms with E-state index < -0.39 is 0 Å². The first-order valence-corrected chi connectivity index (χ1v) is 9.54. The molecule has 4 rings (SSSR count). The van der Waals surface area contributed by atoms with E-state index in [0.717, 1.165) is 16.7 Å². The smallest absolute Gasteiger partial charge is 0.257 e. The zero-order chi connectivity index (χ0) is 21.8. The molecule has 31 heavy (non-hydrogen) atoms. The van der Waals surface area contributed by atoms with Crippen molar-refractivity contribution in [1.82, 2.24) is 4.98 Å². The number of aromatic hydroxyl groups is 1. The fraction of sp³-hybridized carbons (Fsp3) is 0.0400. The van der Waals surface area contributed by atoms with Crippen molar-refractivity contribution in [3.05, 3.63) is 96.4 Å². The molecule has 1 amide bonds. The van der Waals surface area contributed by atoms with Crippen LogP contribution in [0, 0.1) is 5.82 Å². The monoisotopic (exact) mass is 414 g/mol. The van der Waals surface area contributed by atoms with Gasteiger partial charge in [-0.05, 0) is 72.3 Å². The summed E-state index contributed by atoms with van der Waals surface area (Å²) < 4.78 is 18.6. The molecule has 0 aliphatic heterocycles. The summed E-state index contributed by atoms with van der Waals surface area (Å²) in [5.74, 6) is 0.157. The molecule has 2 N–H and O–H groups in total. The Morgan fingerprint density at radius 1 is 0.935 bits per heavy atom. The third-order valence-corrected chi connectivity index (χ3v) is 4.79. The number of hydrogen-bond donors (Lipinski definition) is 2. The van der Waals surface area contributed by atoms with Gasteiger partial charge in [-0.1, -0.05) is 12.1 Å². The van der Waals surface area contributed by atoms with Crippen LogP contribution in [0.5, 0.6) is 11.5 Å². The summed E-state index contributed by atoms with van der Waals surface area (Å²) in [4.78, 5) is 17.3. The number of anilines is 1. The average Bonchev–Trinajstić information content (AvgIpc) is 2.81. The number of pyridine rings is 1. The quantitative estimate of drug-likeness (QED) is 0.422. The number of amides is 1. The third kappa shape index (κ3) is 4.53. The third-order valence-electron chi connectivity index (χ3n) is 4.79. The Hall–Kier alpha value is -4.19. The molecule has 0 aliphatic carbocycles. The lowest BCUT2D eigenvalue weighted by Gasteiger charge is -2.13. The number of aromatic nitrogens is 1. The zero-order valence-electron chi connectivity index (χ0n) is 16.7. The van der Waals surface area contributed by atoms with Gasteiger partial charge in [-0.15, -0.1) is 0 Å². The highest BCUT2D eigenvalue weighted by molar-refractivity contribution is 6.05. The topological polar surface area (TPSA) is 71.5 Å². The number of nitrogens with zero attached hydrogens (tertiary/aromatic N) is 1. The van der Waals surface area contributed by atoms with Gasteiger partial charge in [0.05, 0.1) is 18.4 Å². The Kier molecular flexibility index (Phi) is 5.62. The van der Waals surface area contributed by atoms with E-state index in [4.69, 9.17) is 4.74 Å². The van der Waals surface area contributed by atoms with Gasteiger partial charge in [0.1, 0.15) is 17.3 Å². The summed E-state index contributed by atoms with van der Waals surface area (Å²) in [5, 5.41) is 12.2. The Balaban J connectivity index is 1.75. The zero-order valence-corrected chi connectivity index (χ0v) is 16.7. The number of halogens is 1. The van der Waals surface area contributed by atoms with Crippen LogP contribution in [0.1, 0.15) is 10.4 Å². The number of rotatable bonds is 5. The van der Waals surface area contributed by atoms with Gasteiger partial charge in [0.2, 0.25) is 0 Å². The Morgan fingerprint density at radius 3 is 2.23 bits per heavy atom. The maximum Gasteiger partial charge on any atom is 0.257 e. The van der Waals surface area contributed by atoms with E-state index in [9.17, 15) is 14.3 Å². The second-order valence-corrected chi connectivity index (χ2v) is 6.86. The normalized spacial score (nSPS) is 10.5. The fourth-order valence-electron chi connectivity index (χ4n) is 3.17. The summed E-state index contributed by atoms with van der Waals surface area (Å²) in [6.45, 7) is 0. The molecule has 0 radical (unpaired) electrons. The number of nitrogens with one attached hydrogen (secondary N) is 1. The lowest BCUT2D eigenvalue weighted by Crippen LogP contribution is -2.12. The summed E-state index contributed by atoms with van der Waals surface area (Å²) in [6, 6.07) is 21.4. The Labute approximate surface area is 178 Å². The molecule has 1 aromatic heterocycles. The molecule has 0 saturated carbocycles. The van der Waals surface area contributed by atoms with Crippen LogP contribution < -0.4 is 10.1 Å². The van der Waals surface area contributed by atoms with Crippen LogP contribution in [0.3, 0.4) is 0 Å². The van der Waals surface area contributed by atoms with Crippen LogP contribution >= 0.6 is 0 Å². The largest absolute Gasteiger partial charge is 0.508 e. The molecular formula is C25H19FN2O3. The van der Waals surface area contributed by atoms with Crippen LogP contribution in [0.2, 0.25) is 0 Å². The lowest BCUT2D eigenvalue weighted by atomic mass is 9.97. The highest BCUT2D eigenvalue weighted by Gasteiger charge is 2.15. The maximum atomic E-state index is 13.4. The molecule has 0 fully saturated rings. The summed E-state index contributed by atoms with van der Waals surface area (Å²) >= 11 is 0. The van der Waals surface area contributed by atoms with E-state index in [1.54, 1.807) is 37.4 Å². The number of phenolic OH excluding ortho intramolecular Hbond substituents is 1. The predicted octanol–water partition coefficient (Wildman–Crippen LogP) is 5.52. The van der Waals surface area contributed by atoms with E-state index in [0.29, 0.717) is 22.7 Å². The molecule has 6 heteroatoms. The number of benzene rings is 3. The van der Waals surface area contributed by atoms with E-state index in [-0.39, 0.29) is 17.5 Å². The Bertz CT molecular complexity index is 1210. The van der Waals surface area contributed by atoms with Crippen molar-refractivity contribution in [2.75, 3.05) is 12.4 Å². The van der Waals surface area contributed by atoms with Crippen LogP contribution in [0.4, 0.5) is 10.1 Å². The van der Waals surface area contributed by atoms with Gasteiger partial charge in [-0.2, -0.15) is 0 Å². The predicted molar refractivity (Wildman–Crippen MR) is 118 cm³/mol. The summed E-state index contributed by atoms with van der Waals surface area (Å²) in [6.07, 6.45) is 1.49. The number of methoxy groups -OCH3 is 1. The van der Waals surface area contributed by atoms with E-state index in [1.807, 2.05) is 24.3 Å². The minimum Gasteiger partial charge on any atom is -0.508 e. The molecule has 1 heterocycles. The van der Waals surface area contributed by atoms with Crippen LogP contribution in [0.25, 0.3) is 22.4 Å². The van der Waals surface area contributed by atoms with Crippen LogP contribution in [-0.2, 0) is 0 Å². The average molecular weight is 414 g/mol. The highest BCUT2D eigenvalue weighted by Crippen LogP contribution is 2.32. The first-order chi connectivity index (χ1) is 15.0. The van der Waals surface area contributed by atoms with Gasteiger partial charge in [-0.3, -0.25) is 9.78 Å². The van der Waals surface area contributed by atoms with Crippen LogP contribution in [-0.4, -0.2) is 23.1 Å². The van der Waals surface area contributed by atoms with Crippen molar-refractivity contribution < 1.29 is 19.0 Å². The van der Waals surface area contributed by atoms with Crippen molar-refractivity contribution in [2.45, 2.75) is 0 Å². The van der Waals surface area contributed by atoms with Gasteiger partial charge in [-0.25, -0.2) is 4.39 Å². The molecule has 5 nitrogen and oxygen atoms in total.